The Kier molecular flexibility index (Phi) is 9.14. The van der Waals surface area contributed by atoms with Crippen molar-refractivity contribution >= 4 is 28.7 Å². The maximum atomic E-state index is 12.5. The Balaban J connectivity index is 1.38. The molecule has 1 N–H and O–H groups in total. The van der Waals surface area contributed by atoms with Crippen LogP contribution in [-0.2, 0) is 12.3 Å². The van der Waals surface area contributed by atoms with E-state index in [0.29, 0.717) is 12.1 Å². The van der Waals surface area contributed by atoms with Crippen LogP contribution in [0.2, 0.25) is 0 Å². The van der Waals surface area contributed by atoms with E-state index in [1.54, 1.807) is 18.0 Å². The van der Waals surface area contributed by atoms with E-state index in [1.165, 1.54) is 11.1 Å². The quantitative estimate of drug-likeness (QED) is 0.204. The molecule has 0 radical (unpaired) electrons. The highest BCUT2D eigenvalue weighted by Crippen LogP contribution is 2.28. The Morgan fingerprint density at radius 3 is 2.58 bits per heavy atom. The predicted octanol–water partition coefficient (Wildman–Crippen LogP) is 5.54. The zero-order chi connectivity index (χ0) is 25.3. The summed E-state index contributed by atoms with van der Waals surface area (Å²) in [6.45, 7) is 11.0. The van der Waals surface area contributed by atoms with Crippen LogP contribution in [0.25, 0.3) is 11.0 Å². The van der Waals surface area contributed by atoms with E-state index in [-0.39, 0.29) is 5.91 Å². The molecule has 1 amide bonds. The van der Waals surface area contributed by atoms with Crippen LogP contribution in [0, 0.1) is 6.92 Å². The summed E-state index contributed by atoms with van der Waals surface area (Å²) in [6.07, 6.45) is 4.64. The maximum absolute atomic E-state index is 12.5. The number of pyridine rings is 1. The second-order valence-corrected chi connectivity index (χ2v) is 9.84. The summed E-state index contributed by atoms with van der Waals surface area (Å²) in [4.78, 5) is 24.1. The van der Waals surface area contributed by atoms with Crippen molar-refractivity contribution in [3.8, 4) is 0 Å². The second kappa shape index (κ2) is 12.7. The highest BCUT2D eigenvalue weighted by atomic mass is 32.2. The molecule has 6 nitrogen and oxygen atoms in total. The van der Waals surface area contributed by atoms with Crippen molar-refractivity contribution in [1.29, 1.82) is 0 Å². The molecule has 36 heavy (non-hydrogen) atoms. The Bertz CT molecular complexity index is 1280. The van der Waals surface area contributed by atoms with Crippen LogP contribution in [0.4, 0.5) is 0 Å². The number of rotatable bonds is 12. The topological polar surface area (TPSA) is 63.1 Å². The lowest BCUT2D eigenvalue weighted by Crippen LogP contribution is -2.29. The summed E-state index contributed by atoms with van der Waals surface area (Å²) in [5.41, 5.74) is 6.39. The molecule has 0 aliphatic rings. The predicted molar refractivity (Wildman–Crippen MR) is 149 cm³/mol. The third kappa shape index (κ3) is 6.53. The first-order chi connectivity index (χ1) is 17.6. The van der Waals surface area contributed by atoms with Gasteiger partial charge in [-0.1, -0.05) is 62.0 Å². The molecule has 0 aliphatic carbocycles. The van der Waals surface area contributed by atoms with Gasteiger partial charge in [-0.3, -0.25) is 9.78 Å². The monoisotopic (exact) mass is 501 g/mol. The number of nitrogens with zero attached hydrogens (tertiary/aromatic N) is 4. The van der Waals surface area contributed by atoms with Gasteiger partial charge in [0.1, 0.15) is 0 Å². The standard InChI is InChI=1S/C29H35N5OS/c1-4-33(5-2)18-8-16-31-28(35)24-13-11-23(12-14-24)21-36-29-32-26-15-17-30-19-27(26)34(29)20-25-10-7-6-9-22(25)3/h6-7,9-15,17,19H,4-5,8,16,18,20-21H2,1-3H3,(H,31,35). The number of hydrogen-bond donors (Lipinski definition) is 1. The van der Waals surface area contributed by atoms with Crippen molar-refractivity contribution in [2.45, 2.75) is 44.6 Å². The van der Waals surface area contributed by atoms with Crippen LogP contribution in [0.1, 0.15) is 47.3 Å². The van der Waals surface area contributed by atoms with E-state index in [9.17, 15) is 4.79 Å². The third-order valence-corrected chi connectivity index (χ3v) is 7.57. The second-order valence-electron chi connectivity index (χ2n) is 8.89. The SMILES string of the molecule is CCN(CC)CCCNC(=O)c1ccc(CSc2nc3ccncc3n2Cc2ccccc2C)cc1. The summed E-state index contributed by atoms with van der Waals surface area (Å²) in [5, 5.41) is 4.01. The van der Waals surface area contributed by atoms with Gasteiger partial charge < -0.3 is 14.8 Å². The fourth-order valence-corrected chi connectivity index (χ4v) is 5.19. The van der Waals surface area contributed by atoms with Crippen LogP contribution in [0.5, 0.6) is 0 Å². The molecule has 0 saturated heterocycles. The van der Waals surface area contributed by atoms with Crippen LogP contribution >= 0.6 is 11.8 Å². The summed E-state index contributed by atoms with van der Waals surface area (Å²) in [5.74, 6) is 0.761. The van der Waals surface area contributed by atoms with Crippen molar-refractivity contribution in [2.24, 2.45) is 0 Å². The van der Waals surface area contributed by atoms with Crippen LogP contribution < -0.4 is 5.32 Å². The zero-order valence-electron chi connectivity index (χ0n) is 21.4. The summed E-state index contributed by atoms with van der Waals surface area (Å²) < 4.78 is 2.25. The average Bonchev–Trinajstić information content (AvgIpc) is 3.26. The van der Waals surface area contributed by atoms with E-state index < -0.39 is 0 Å². The van der Waals surface area contributed by atoms with Gasteiger partial charge in [-0.25, -0.2) is 4.98 Å². The minimum atomic E-state index is -0.0127. The van der Waals surface area contributed by atoms with Crippen LogP contribution in [0.15, 0.2) is 72.1 Å². The van der Waals surface area contributed by atoms with E-state index in [2.05, 4.69) is 64.8 Å². The van der Waals surface area contributed by atoms with Crippen molar-refractivity contribution < 1.29 is 4.79 Å². The number of nitrogens with one attached hydrogen (secondary N) is 1. The molecule has 4 rings (SSSR count). The molecule has 0 atom stereocenters. The molecule has 0 fully saturated rings. The molecule has 7 heteroatoms. The molecule has 4 aromatic rings. The molecule has 0 aliphatic heterocycles. The van der Waals surface area contributed by atoms with Crippen molar-refractivity contribution in [2.75, 3.05) is 26.2 Å². The lowest BCUT2D eigenvalue weighted by molar-refractivity contribution is 0.0952. The molecule has 0 spiro atoms. The number of hydrogen-bond acceptors (Lipinski definition) is 5. The Morgan fingerprint density at radius 1 is 1.06 bits per heavy atom. The molecular weight excluding hydrogens is 466 g/mol. The summed E-state index contributed by atoms with van der Waals surface area (Å²) in [6, 6.07) is 18.3. The summed E-state index contributed by atoms with van der Waals surface area (Å²) in [7, 11) is 0. The van der Waals surface area contributed by atoms with E-state index in [1.807, 2.05) is 36.5 Å². The average molecular weight is 502 g/mol. The first-order valence-electron chi connectivity index (χ1n) is 12.7. The molecule has 2 aromatic carbocycles. The molecule has 188 valence electrons. The first-order valence-corrected chi connectivity index (χ1v) is 13.6. The van der Waals surface area contributed by atoms with Gasteiger partial charge in [0.2, 0.25) is 0 Å². The van der Waals surface area contributed by atoms with Gasteiger partial charge in [-0.2, -0.15) is 0 Å². The van der Waals surface area contributed by atoms with Crippen molar-refractivity contribution in [3.05, 3.63) is 89.2 Å². The maximum Gasteiger partial charge on any atom is 0.251 e. The van der Waals surface area contributed by atoms with Gasteiger partial charge in [-0.15, -0.1) is 0 Å². The van der Waals surface area contributed by atoms with Gasteiger partial charge >= 0.3 is 0 Å². The number of imidazole rings is 1. The fraction of sp³-hybridized carbons (Fsp3) is 0.345. The number of aryl methyl sites for hydroxylation is 1. The summed E-state index contributed by atoms with van der Waals surface area (Å²) >= 11 is 1.71. The number of benzene rings is 2. The molecule has 0 unspecified atom stereocenters. The number of carbonyl (C=O) groups is 1. The van der Waals surface area contributed by atoms with Crippen LogP contribution in [-0.4, -0.2) is 51.5 Å². The molecule has 0 saturated carbocycles. The number of thioether (sulfide) groups is 1. The largest absolute Gasteiger partial charge is 0.352 e. The number of carbonyl (C=O) groups excluding carboxylic acids is 1. The number of amides is 1. The highest BCUT2D eigenvalue weighted by molar-refractivity contribution is 7.98. The molecule has 2 aromatic heterocycles. The van der Waals surface area contributed by atoms with E-state index in [4.69, 9.17) is 4.98 Å². The Morgan fingerprint density at radius 2 is 1.83 bits per heavy atom. The smallest absolute Gasteiger partial charge is 0.251 e. The van der Waals surface area contributed by atoms with Gasteiger partial charge in [0.25, 0.3) is 5.91 Å². The number of fused-ring (bicyclic) bond motifs is 1. The normalized spacial score (nSPS) is 11.3. The molecular formula is C29H35N5OS. The van der Waals surface area contributed by atoms with Crippen molar-refractivity contribution in [1.82, 2.24) is 24.8 Å². The van der Waals surface area contributed by atoms with E-state index >= 15 is 0 Å². The van der Waals surface area contributed by atoms with E-state index in [0.717, 1.165) is 60.1 Å². The zero-order valence-corrected chi connectivity index (χ0v) is 22.2. The van der Waals surface area contributed by atoms with Crippen LogP contribution in [0.3, 0.4) is 0 Å². The van der Waals surface area contributed by atoms with Gasteiger partial charge in [0, 0.05) is 24.1 Å². The third-order valence-electron chi connectivity index (χ3n) is 6.52. The lowest BCUT2D eigenvalue weighted by Gasteiger charge is -2.17. The molecule has 2 heterocycles. The lowest BCUT2D eigenvalue weighted by atomic mass is 10.1. The fourth-order valence-electron chi connectivity index (χ4n) is 4.22. The van der Waals surface area contributed by atoms with Gasteiger partial charge in [0.15, 0.2) is 5.16 Å². The Labute approximate surface area is 218 Å². The molecule has 0 bridgehead atoms. The minimum Gasteiger partial charge on any atom is -0.352 e. The van der Waals surface area contributed by atoms with Gasteiger partial charge in [0.05, 0.1) is 23.8 Å². The first kappa shape index (κ1) is 25.9. The minimum absolute atomic E-state index is 0.0127. The highest BCUT2D eigenvalue weighted by Gasteiger charge is 2.13. The van der Waals surface area contributed by atoms with Gasteiger partial charge in [-0.05, 0) is 67.9 Å². The Hall–Kier alpha value is -3.16. The van der Waals surface area contributed by atoms with Crippen molar-refractivity contribution in [3.63, 3.8) is 0 Å². The number of aromatic nitrogens is 3.